The molecule has 96 valence electrons. The number of benzene rings is 1. The Balaban J connectivity index is 3.32. The van der Waals surface area contributed by atoms with E-state index in [0.717, 1.165) is 7.11 Å². The molecule has 0 saturated heterocycles. The molecule has 0 aliphatic rings. The number of methoxy groups -OCH3 is 1. The maximum absolute atomic E-state index is 13.3. The molecule has 0 aromatic heterocycles. The van der Waals surface area contributed by atoms with Crippen LogP contribution in [0, 0.1) is 23.3 Å². The van der Waals surface area contributed by atoms with Crippen LogP contribution in [0.5, 0.6) is 5.75 Å². The molecule has 1 aromatic carbocycles. The van der Waals surface area contributed by atoms with Crippen molar-refractivity contribution >= 4 is 0 Å². The Hall–Kier alpha value is -1.34. The minimum Gasteiger partial charge on any atom is -0.491 e. The van der Waals surface area contributed by atoms with Crippen LogP contribution < -0.4 is 4.74 Å². The van der Waals surface area contributed by atoms with Gasteiger partial charge in [-0.3, -0.25) is 0 Å². The fraction of sp³-hybridized carbons (Fsp3) is 0.400. The average Bonchev–Trinajstić information content (AvgIpc) is 2.32. The monoisotopic (exact) mass is 254 g/mol. The molecule has 1 atom stereocenters. The van der Waals surface area contributed by atoms with E-state index in [9.17, 15) is 17.6 Å². The number of aliphatic hydroxyl groups is 2. The van der Waals surface area contributed by atoms with Gasteiger partial charge in [-0.15, -0.1) is 0 Å². The van der Waals surface area contributed by atoms with E-state index in [2.05, 4.69) is 4.74 Å². The van der Waals surface area contributed by atoms with E-state index >= 15 is 0 Å². The van der Waals surface area contributed by atoms with Gasteiger partial charge in [0.15, 0.2) is 17.4 Å². The Labute approximate surface area is 94.3 Å². The molecular formula is C10H10F4O3. The van der Waals surface area contributed by atoms with Gasteiger partial charge in [0.2, 0.25) is 11.6 Å². The van der Waals surface area contributed by atoms with Crippen LogP contribution in [-0.4, -0.2) is 30.0 Å². The van der Waals surface area contributed by atoms with Gasteiger partial charge < -0.3 is 14.9 Å². The molecule has 0 bridgehead atoms. The van der Waals surface area contributed by atoms with Gasteiger partial charge in [0.05, 0.1) is 19.8 Å². The van der Waals surface area contributed by atoms with Crippen LogP contribution in [0.4, 0.5) is 17.6 Å². The normalized spacial score (nSPS) is 12.6. The van der Waals surface area contributed by atoms with Crippen molar-refractivity contribution in [2.45, 2.75) is 12.5 Å². The van der Waals surface area contributed by atoms with Crippen molar-refractivity contribution in [3.63, 3.8) is 0 Å². The van der Waals surface area contributed by atoms with Crippen molar-refractivity contribution in [2.75, 3.05) is 13.7 Å². The summed E-state index contributed by atoms with van der Waals surface area (Å²) in [6.45, 7) is -0.784. The zero-order chi connectivity index (χ0) is 13.2. The van der Waals surface area contributed by atoms with Gasteiger partial charge in [-0.05, 0) is 0 Å². The first kappa shape index (κ1) is 13.7. The number of hydrogen-bond donors (Lipinski definition) is 2. The molecule has 0 fully saturated rings. The van der Waals surface area contributed by atoms with Crippen LogP contribution in [0.15, 0.2) is 0 Å². The van der Waals surface area contributed by atoms with Crippen LogP contribution in [0.3, 0.4) is 0 Å². The molecule has 0 spiro atoms. The molecule has 1 rings (SSSR count). The summed E-state index contributed by atoms with van der Waals surface area (Å²) in [7, 11) is 0.864. The highest BCUT2D eigenvalue weighted by atomic mass is 19.2. The summed E-state index contributed by atoms with van der Waals surface area (Å²) in [6, 6.07) is 0. The lowest BCUT2D eigenvalue weighted by molar-refractivity contribution is 0.0935. The smallest absolute Gasteiger partial charge is 0.204 e. The summed E-state index contributed by atoms with van der Waals surface area (Å²) in [5.41, 5.74) is -0.970. The maximum atomic E-state index is 13.3. The molecule has 0 aliphatic carbocycles. The zero-order valence-corrected chi connectivity index (χ0v) is 8.81. The van der Waals surface area contributed by atoms with Crippen molar-refractivity contribution in [2.24, 2.45) is 0 Å². The Bertz CT molecular complexity index is 393. The van der Waals surface area contributed by atoms with E-state index in [0.29, 0.717) is 0 Å². The van der Waals surface area contributed by atoms with Crippen LogP contribution >= 0.6 is 0 Å². The first-order chi connectivity index (χ1) is 7.93. The average molecular weight is 254 g/mol. The quantitative estimate of drug-likeness (QED) is 0.626. The minimum atomic E-state index is -1.67. The van der Waals surface area contributed by atoms with Crippen molar-refractivity contribution < 1.29 is 32.5 Å². The zero-order valence-electron chi connectivity index (χ0n) is 8.81. The Morgan fingerprint density at radius 3 is 1.88 bits per heavy atom. The molecule has 1 unspecified atom stereocenters. The van der Waals surface area contributed by atoms with Gasteiger partial charge in [0, 0.05) is 12.0 Å². The summed E-state index contributed by atoms with van der Waals surface area (Å²) >= 11 is 0. The van der Waals surface area contributed by atoms with E-state index in [1.165, 1.54) is 0 Å². The third kappa shape index (κ3) is 2.50. The molecule has 2 N–H and O–H groups in total. The Morgan fingerprint density at radius 1 is 1.06 bits per heavy atom. The molecular weight excluding hydrogens is 244 g/mol. The lowest BCUT2D eigenvalue weighted by atomic mass is 10.1. The van der Waals surface area contributed by atoms with E-state index in [1.807, 2.05) is 0 Å². The van der Waals surface area contributed by atoms with Crippen molar-refractivity contribution in [3.8, 4) is 5.75 Å². The molecule has 0 radical (unpaired) electrons. The van der Waals surface area contributed by atoms with Gasteiger partial charge in [-0.1, -0.05) is 0 Å². The third-order valence-electron chi connectivity index (χ3n) is 2.17. The van der Waals surface area contributed by atoms with Crippen molar-refractivity contribution in [3.05, 3.63) is 28.8 Å². The molecule has 7 heteroatoms. The number of hydrogen-bond acceptors (Lipinski definition) is 3. The number of aliphatic hydroxyl groups excluding tert-OH is 2. The first-order valence-electron chi connectivity index (χ1n) is 4.61. The molecule has 0 aliphatic heterocycles. The highest BCUT2D eigenvalue weighted by Crippen LogP contribution is 2.30. The maximum Gasteiger partial charge on any atom is 0.204 e. The fourth-order valence-electron chi connectivity index (χ4n) is 1.32. The van der Waals surface area contributed by atoms with Gasteiger partial charge in [-0.25, -0.2) is 8.78 Å². The van der Waals surface area contributed by atoms with E-state index < -0.39 is 53.7 Å². The predicted octanol–water partition coefficient (Wildman–Crippen LogP) is 1.15. The van der Waals surface area contributed by atoms with E-state index in [4.69, 9.17) is 10.2 Å². The highest BCUT2D eigenvalue weighted by Gasteiger charge is 2.27. The molecule has 0 heterocycles. The lowest BCUT2D eigenvalue weighted by Crippen LogP contribution is -2.18. The number of ether oxygens (including phenoxy) is 1. The summed E-state index contributed by atoms with van der Waals surface area (Å²) in [4.78, 5) is 0. The van der Waals surface area contributed by atoms with E-state index in [1.54, 1.807) is 0 Å². The number of rotatable bonds is 4. The summed E-state index contributed by atoms with van der Waals surface area (Å²) in [5, 5.41) is 17.5. The Kier molecular flexibility index (Phi) is 4.30. The second-order valence-electron chi connectivity index (χ2n) is 3.31. The molecule has 0 saturated carbocycles. The molecule has 1 aromatic rings. The summed E-state index contributed by atoms with van der Waals surface area (Å²) in [5.74, 6) is -7.80. The Morgan fingerprint density at radius 2 is 1.53 bits per heavy atom. The molecule has 17 heavy (non-hydrogen) atoms. The molecule has 3 nitrogen and oxygen atoms in total. The van der Waals surface area contributed by atoms with Crippen molar-refractivity contribution in [1.29, 1.82) is 0 Å². The highest BCUT2D eigenvalue weighted by molar-refractivity contribution is 5.34. The van der Waals surface area contributed by atoms with Gasteiger partial charge in [0.1, 0.15) is 0 Å². The lowest BCUT2D eigenvalue weighted by Gasteiger charge is -2.12. The predicted molar refractivity (Wildman–Crippen MR) is 49.6 cm³/mol. The SMILES string of the molecule is COc1c(F)c(F)c(CC(O)CO)c(F)c1F. The van der Waals surface area contributed by atoms with Gasteiger partial charge in [-0.2, -0.15) is 8.78 Å². The van der Waals surface area contributed by atoms with Crippen LogP contribution in [0.2, 0.25) is 0 Å². The first-order valence-corrected chi connectivity index (χ1v) is 4.61. The van der Waals surface area contributed by atoms with Gasteiger partial charge >= 0.3 is 0 Å². The largest absolute Gasteiger partial charge is 0.491 e. The fourth-order valence-corrected chi connectivity index (χ4v) is 1.32. The van der Waals surface area contributed by atoms with Crippen LogP contribution in [0.1, 0.15) is 5.56 Å². The third-order valence-corrected chi connectivity index (χ3v) is 2.17. The standard InChI is InChI=1S/C10H10F4O3/c1-17-10-8(13)6(11)5(2-4(16)3-15)7(12)9(10)14/h4,15-16H,2-3H2,1H3. The van der Waals surface area contributed by atoms with Gasteiger partial charge in [0.25, 0.3) is 0 Å². The summed E-state index contributed by atoms with van der Waals surface area (Å²) < 4.78 is 57.3. The van der Waals surface area contributed by atoms with Crippen LogP contribution in [0.25, 0.3) is 0 Å². The minimum absolute atomic E-state index is 0.744. The second kappa shape index (κ2) is 5.33. The second-order valence-corrected chi connectivity index (χ2v) is 3.31. The summed E-state index contributed by atoms with van der Waals surface area (Å²) in [6.07, 6.45) is -2.25. The van der Waals surface area contributed by atoms with E-state index in [-0.39, 0.29) is 0 Å². The van der Waals surface area contributed by atoms with Crippen LogP contribution in [-0.2, 0) is 6.42 Å². The van der Waals surface area contributed by atoms with Crippen molar-refractivity contribution in [1.82, 2.24) is 0 Å². The molecule has 0 amide bonds. The topological polar surface area (TPSA) is 49.7 Å². The number of halogens is 4.